The van der Waals surface area contributed by atoms with Crippen molar-refractivity contribution in [3.8, 4) is 0 Å². The van der Waals surface area contributed by atoms with Gasteiger partial charge in [-0.05, 0) is 46.5 Å². The molecule has 0 saturated carbocycles. The topological polar surface area (TPSA) is 220 Å². The summed E-state index contributed by atoms with van der Waals surface area (Å²) >= 11 is 0. The van der Waals surface area contributed by atoms with E-state index in [4.69, 9.17) is 0 Å². The van der Waals surface area contributed by atoms with Crippen LogP contribution in [-0.2, 0) is 28.8 Å². The van der Waals surface area contributed by atoms with Gasteiger partial charge in [-0.1, -0.05) is 20.8 Å². The molecule has 6 N–H and O–H groups in total. The molecule has 1 heterocycles. The van der Waals surface area contributed by atoms with Crippen molar-refractivity contribution in [3.63, 3.8) is 0 Å². The molecule has 1 fully saturated rings. The highest BCUT2D eigenvalue weighted by Crippen LogP contribution is 2.21. The van der Waals surface area contributed by atoms with Gasteiger partial charge < -0.3 is 31.1 Å². The minimum Gasteiger partial charge on any atom is -0.480 e. The number of unbranched alkanes of at least 4 members (excludes halogenated alkanes) is 1. The average molecular weight is 701 g/mol. The van der Waals surface area contributed by atoms with Crippen molar-refractivity contribution in [2.75, 3.05) is 78.5 Å². The molecule has 2 atom stereocenters. The second-order valence-electron chi connectivity index (χ2n) is 14.8. The van der Waals surface area contributed by atoms with Crippen LogP contribution in [0.15, 0.2) is 0 Å². The van der Waals surface area contributed by atoms with E-state index in [2.05, 4.69) is 10.6 Å². The van der Waals surface area contributed by atoms with Crippen molar-refractivity contribution >= 4 is 35.6 Å². The number of nitrogens with zero attached hydrogens (tertiary/aromatic N) is 4. The molecule has 1 rings (SSSR count). The van der Waals surface area contributed by atoms with E-state index in [1.54, 1.807) is 19.6 Å². The number of rotatable bonds is 18. The Bertz CT molecular complexity index is 1070. The molecule has 1 aliphatic heterocycles. The normalized spacial score (nSPS) is 18.1. The van der Waals surface area contributed by atoms with Gasteiger partial charge in [0.2, 0.25) is 5.91 Å². The fourth-order valence-corrected chi connectivity index (χ4v) is 5.75. The third kappa shape index (κ3) is 19.6. The third-order valence-corrected chi connectivity index (χ3v) is 8.22. The van der Waals surface area contributed by atoms with E-state index in [1.807, 2.05) is 41.5 Å². The highest BCUT2D eigenvalue weighted by molar-refractivity contribution is 5.88. The molecular weight excluding hydrogens is 640 g/mol. The summed E-state index contributed by atoms with van der Waals surface area (Å²) in [7, 11) is 0. The van der Waals surface area contributed by atoms with Crippen molar-refractivity contribution in [1.82, 2.24) is 30.2 Å². The lowest BCUT2D eigenvalue weighted by atomic mass is 9.84. The Kier molecular flexibility index (Phi) is 18.9. The molecule has 0 bridgehead atoms. The standard InChI is InChI=1S/C33H60N6O10/c1-32(2,3)30(47)24(35-33(4,5)6)9-7-8-12-34-26(40)11-10-25(31(48)49)39-19-17-37(22-28(43)44)15-13-36(21-27(41)42)14-16-38(18-20-39)23-29(45)46/h24-25,35H,7-23H2,1-6H3,(H,34,40)(H,41,42)(H,43,44)(H,45,46)(H,48,49)/t24-,25-/m1/s1. The molecule has 0 unspecified atom stereocenters. The predicted octanol–water partition coefficient (Wildman–Crippen LogP) is 0.354. The number of carboxylic acids is 4. The highest BCUT2D eigenvalue weighted by Gasteiger charge is 2.32. The number of ketones is 1. The molecule has 0 aromatic carbocycles. The fourth-order valence-electron chi connectivity index (χ4n) is 5.75. The first-order valence-corrected chi connectivity index (χ1v) is 17.1. The van der Waals surface area contributed by atoms with E-state index in [-0.39, 0.29) is 108 Å². The van der Waals surface area contributed by atoms with Gasteiger partial charge in [0.15, 0.2) is 5.78 Å². The van der Waals surface area contributed by atoms with Crippen LogP contribution >= 0.6 is 0 Å². The summed E-state index contributed by atoms with van der Waals surface area (Å²) in [6, 6.07) is -1.39. The number of hydrogen-bond donors (Lipinski definition) is 6. The number of nitrogens with one attached hydrogen (secondary N) is 2. The molecule has 1 amide bonds. The number of amides is 1. The lowest BCUT2D eigenvalue weighted by Crippen LogP contribution is -2.52. The second-order valence-corrected chi connectivity index (χ2v) is 14.8. The Morgan fingerprint density at radius 1 is 0.633 bits per heavy atom. The Labute approximate surface area is 290 Å². The van der Waals surface area contributed by atoms with Gasteiger partial charge in [0, 0.05) is 76.3 Å². The summed E-state index contributed by atoms with van der Waals surface area (Å²) in [4.78, 5) is 79.2. The van der Waals surface area contributed by atoms with Crippen molar-refractivity contribution in [2.45, 2.75) is 91.3 Å². The van der Waals surface area contributed by atoms with Crippen LogP contribution in [0.5, 0.6) is 0 Å². The Morgan fingerprint density at radius 3 is 1.43 bits per heavy atom. The molecule has 1 aliphatic rings. The number of carbonyl (C=O) groups excluding carboxylic acids is 2. The first-order chi connectivity index (χ1) is 22.7. The van der Waals surface area contributed by atoms with Crippen molar-refractivity contribution in [3.05, 3.63) is 0 Å². The smallest absolute Gasteiger partial charge is 0.320 e. The zero-order valence-electron chi connectivity index (χ0n) is 30.2. The van der Waals surface area contributed by atoms with Crippen LogP contribution in [0.4, 0.5) is 0 Å². The monoisotopic (exact) mass is 700 g/mol. The van der Waals surface area contributed by atoms with Gasteiger partial charge in [-0.2, -0.15) is 0 Å². The summed E-state index contributed by atoms with van der Waals surface area (Å²) in [5, 5.41) is 44.6. The maximum absolute atomic E-state index is 13.0. The molecule has 16 heteroatoms. The Balaban J connectivity index is 2.90. The molecule has 1 saturated heterocycles. The van der Waals surface area contributed by atoms with Crippen molar-refractivity contribution in [1.29, 1.82) is 0 Å². The van der Waals surface area contributed by atoms with E-state index in [0.717, 1.165) is 0 Å². The van der Waals surface area contributed by atoms with Crippen molar-refractivity contribution in [2.24, 2.45) is 5.41 Å². The molecule has 16 nitrogen and oxygen atoms in total. The summed E-state index contributed by atoms with van der Waals surface area (Å²) in [6.45, 7) is 12.7. The number of carboxylic acid groups (broad SMARTS) is 4. The molecule has 49 heavy (non-hydrogen) atoms. The summed E-state index contributed by atoms with van der Waals surface area (Å²) in [6.07, 6.45) is 1.89. The molecule has 282 valence electrons. The number of Topliss-reactive ketones (excluding diaryl/α,β-unsaturated/α-hetero) is 1. The van der Waals surface area contributed by atoms with Crippen LogP contribution < -0.4 is 10.6 Å². The lowest BCUT2D eigenvalue weighted by Gasteiger charge is -2.35. The number of hydrogen-bond acceptors (Lipinski definition) is 11. The zero-order chi connectivity index (χ0) is 37.4. The summed E-state index contributed by atoms with van der Waals surface area (Å²) in [5.74, 6) is -4.55. The molecule has 0 spiro atoms. The van der Waals surface area contributed by atoms with Crippen molar-refractivity contribution < 1.29 is 49.2 Å². The zero-order valence-corrected chi connectivity index (χ0v) is 30.2. The van der Waals surface area contributed by atoms with Gasteiger partial charge >= 0.3 is 23.9 Å². The van der Waals surface area contributed by atoms with E-state index in [0.29, 0.717) is 25.8 Å². The first kappa shape index (κ1) is 43.8. The van der Waals surface area contributed by atoms with Gasteiger partial charge in [0.25, 0.3) is 0 Å². The van der Waals surface area contributed by atoms with Gasteiger partial charge in [-0.25, -0.2) is 0 Å². The maximum atomic E-state index is 13.0. The van der Waals surface area contributed by atoms with E-state index >= 15 is 0 Å². The van der Waals surface area contributed by atoms with E-state index in [1.165, 1.54) is 0 Å². The SMILES string of the molecule is CC(C)(C)N[C@H](CCCCNC(=O)CC[C@H](C(=O)O)N1CCN(CC(=O)O)CCN(CC(=O)O)CCN(CC(=O)O)CC1)C(=O)C(C)(C)C. The average Bonchev–Trinajstić information content (AvgIpc) is 2.94. The molecule has 0 aliphatic carbocycles. The van der Waals surface area contributed by atoms with E-state index < -0.39 is 35.3 Å². The van der Waals surface area contributed by atoms with Crippen LogP contribution in [0.25, 0.3) is 0 Å². The van der Waals surface area contributed by atoms with Crippen LogP contribution in [-0.4, -0.2) is 172 Å². The highest BCUT2D eigenvalue weighted by atomic mass is 16.4. The summed E-state index contributed by atoms with van der Waals surface area (Å²) < 4.78 is 0. The molecule has 0 aromatic rings. The van der Waals surface area contributed by atoms with E-state index in [9.17, 15) is 49.2 Å². The van der Waals surface area contributed by atoms with Gasteiger partial charge in [0.05, 0.1) is 25.7 Å². The number of carbonyl (C=O) groups is 6. The Hall–Kier alpha value is -3.18. The van der Waals surface area contributed by atoms with Gasteiger partial charge in [0.1, 0.15) is 6.04 Å². The number of aliphatic carboxylic acids is 4. The predicted molar refractivity (Wildman–Crippen MR) is 182 cm³/mol. The quantitative estimate of drug-likeness (QED) is 0.106. The summed E-state index contributed by atoms with van der Waals surface area (Å²) in [5.41, 5.74) is -0.733. The first-order valence-electron chi connectivity index (χ1n) is 17.1. The molecular formula is C33H60N6O10. The third-order valence-electron chi connectivity index (χ3n) is 8.22. The van der Waals surface area contributed by atoms with Crippen LogP contribution in [0.2, 0.25) is 0 Å². The van der Waals surface area contributed by atoms with Crippen LogP contribution in [0.3, 0.4) is 0 Å². The minimum atomic E-state index is -1.15. The molecule has 0 radical (unpaired) electrons. The van der Waals surface area contributed by atoms with Gasteiger partial charge in [-0.3, -0.25) is 48.4 Å². The fraction of sp³-hybridized carbons (Fsp3) is 0.818. The Morgan fingerprint density at radius 2 is 1.06 bits per heavy atom. The van der Waals surface area contributed by atoms with Crippen LogP contribution in [0.1, 0.15) is 73.6 Å². The second kappa shape index (κ2) is 21.1. The maximum Gasteiger partial charge on any atom is 0.320 e. The largest absolute Gasteiger partial charge is 0.480 e. The lowest BCUT2D eigenvalue weighted by molar-refractivity contribution is -0.145. The molecule has 0 aromatic heterocycles. The van der Waals surface area contributed by atoms with Crippen LogP contribution in [0, 0.1) is 5.41 Å². The van der Waals surface area contributed by atoms with Gasteiger partial charge in [-0.15, -0.1) is 0 Å². The minimum absolute atomic E-state index is 0.0108.